The Morgan fingerprint density at radius 1 is 1.30 bits per heavy atom. The number of nitrogens with zero attached hydrogens (tertiary/aromatic N) is 6. The molecular weight excluding hydrogens is 545 g/mol. The van der Waals surface area contributed by atoms with Crippen molar-refractivity contribution >= 4 is 29.0 Å². The summed E-state index contributed by atoms with van der Waals surface area (Å²) in [4.78, 5) is 24.5. The molecule has 0 saturated carbocycles. The first-order chi connectivity index (χ1) is 19.2. The number of rotatable bonds is 8. The number of likely N-dealkylation sites (tertiary alicyclic amines) is 1. The van der Waals surface area contributed by atoms with E-state index in [0.717, 1.165) is 52.7 Å². The first-order valence-electron chi connectivity index (χ1n) is 12.9. The van der Waals surface area contributed by atoms with Gasteiger partial charge in [0.2, 0.25) is 0 Å². The Kier molecular flexibility index (Phi) is 8.04. The SMILES string of the molecule is CC(=NO)c1ccccc1C1CC(c2csc(C3CCN(C(C=O)Cn4nc(C(F)(F)F)cc4C)CC3)n2)=NO1. The fourth-order valence-electron chi connectivity index (χ4n) is 5.20. The first-order valence-corrected chi connectivity index (χ1v) is 13.8. The summed E-state index contributed by atoms with van der Waals surface area (Å²) in [5, 5.41) is 23.5. The topological polar surface area (TPSA) is 105 Å². The van der Waals surface area contributed by atoms with Gasteiger partial charge < -0.3 is 14.8 Å². The number of aryl methyl sites for hydroxylation is 1. The van der Waals surface area contributed by atoms with Crippen molar-refractivity contribution in [2.45, 2.75) is 63.9 Å². The van der Waals surface area contributed by atoms with Crippen molar-refractivity contribution in [3.63, 3.8) is 0 Å². The highest BCUT2D eigenvalue weighted by Crippen LogP contribution is 2.35. The van der Waals surface area contributed by atoms with E-state index < -0.39 is 17.9 Å². The molecule has 13 heteroatoms. The Labute approximate surface area is 232 Å². The smallest absolute Gasteiger partial charge is 0.411 e. The van der Waals surface area contributed by atoms with Gasteiger partial charge in [-0.15, -0.1) is 11.3 Å². The molecule has 2 aliphatic heterocycles. The van der Waals surface area contributed by atoms with Crippen molar-refractivity contribution in [2.75, 3.05) is 13.1 Å². The van der Waals surface area contributed by atoms with Gasteiger partial charge in [-0.2, -0.15) is 18.3 Å². The Bertz CT molecular complexity index is 1420. The largest absolute Gasteiger partial charge is 0.435 e. The van der Waals surface area contributed by atoms with Crippen LogP contribution in [0.5, 0.6) is 0 Å². The van der Waals surface area contributed by atoms with Crippen LogP contribution in [0.2, 0.25) is 0 Å². The van der Waals surface area contributed by atoms with Crippen LogP contribution in [0.4, 0.5) is 13.2 Å². The number of hydrogen-bond donors (Lipinski definition) is 1. The molecule has 0 radical (unpaired) electrons. The molecule has 2 aromatic heterocycles. The van der Waals surface area contributed by atoms with Gasteiger partial charge in [-0.05, 0) is 45.8 Å². The van der Waals surface area contributed by atoms with Crippen LogP contribution >= 0.6 is 11.3 Å². The zero-order valence-electron chi connectivity index (χ0n) is 22.0. The lowest BCUT2D eigenvalue weighted by Gasteiger charge is -2.34. The van der Waals surface area contributed by atoms with Gasteiger partial charge in [0.25, 0.3) is 0 Å². The number of alkyl halides is 3. The van der Waals surface area contributed by atoms with E-state index in [-0.39, 0.29) is 18.6 Å². The highest BCUT2D eigenvalue weighted by atomic mass is 32.1. The summed E-state index contributed by atoms with van der Waals surface area (Å²) in [6.45, 7) is 4.62. The third-order valence-corrected chi connectivity index (χ3v) is 8.48. The van der Waals surface area contributed by atoms with Crippen molar-refractivity contribution in [1.82, 2.24) is 19.7 Å². The minimum atomic E-state index is -4.52. The summed E-state index contributed by atoms with van der Waals surface area (Å²) in [6.07, 6.45) is -1.93. The van der Waals surface area contributed by atoms with Gasteiger partial charge in [0.05, 0.1) is 29.0 Å². The summed E-state index contributed by atoms with van der Waals surface area (Å²) in [6, 6.07) is 8.04. The normalized spacial score (nSPS) is 19.9. The fraction of sp³-hybridized carbons (Fsp3) is 0.444. The predicted octanol–water partition coefficient (Wildman–Crippen LogP) is 5.18. The first kappa shape index (κ1) is 28.0. The quantitative estimate of drug-likeness (QED) is 0.172. The van der Waals surface area contributed by atoms with E-state index in [9.17, 15) is 23.2 Å². The van der Waals surface area contributed by atoms with E-state index in [1.54, 1.807) is 25.2 Å². The van der Waals surface area contributed by atoms with Gasteiger partial charge in [-0.3, -0.25) is 9.58 Å². The lowest BCUT2D eigenvalue weighted by atomic mass is 9.95. The van der Waals surface area contributed by atoms with Gasteiger partial charge in [0.15, 0.2) is 11.8 Å². The summed E-state index contributed by atoms with van der Waals surface area (Å²) < 4.78 is 40.3. The summed E-state index contributed by atoms with van der Waals surface area (Å²) >= 11 is 1.57. The lowest BCUT2D eigenvalue weighted by Crippen LogP contribution is -2.44. The number of halogens is 3. The van der Waals surface area contributed by atoms with E-state index in [4.69, 9.17) is 9.82 Å². The molecule has 212 valence electrons. The Hall–Kier alpha value is -3.58. The van der Waals surface area contributed by atoms with Crippen molar-refractivity contribution in [3.05, 3.63) is 68.9 Å². The molecule has 4 heterocycles. The predicted molar refractivity (Wildman–Crippen MR) is 143 cm³/mol. The van der Waals surface area contributed by atoms with E-state index >= 15 is 0 Å². The van der Waals surface area contributed by atoms with Crippen LogP contribution in [0.1, 0.15) is 71.4 Å². The maximum atomic E-state index is 13.0. The van der Waals surface area contributed by atoms with Crippen LogP contribution in [0.3, 0.4) is 0 Å². The Balaban J connectivity index is 1.19. The highest BCUT2D eigenvalue weighted by molar-refractivity contribution is 7.10. The van der Waals surface area contributed by atoms with E-state index in [1.807, 2.05) is 34.5 Å². The standard InChI is InChI=1S/C27H29F3N6O3S/c1-16-11-25(27(28,29)30)32-36(16)13-19(14-37)35-9-7-18(8-10-35)26-31-23(15-40-26)22-12-24(39-34-22)21-6-4-3-5-20(21)17(2)33-38/h3-6,11,14-15,18-19,24,38H,7-10,12-13H2,1-2H3. The molecule has 1 N–H and O–H groups in total. The molecule has 0 bridgehead atoms. The fourth-order valence-corrected chi connectivity index (χ4v) is 6.20. The highest BCUT2D eigenvalue weighted by Gasteiger charge is 2.35. The zero-order chi connectivity index (χ0) is 28.4. The molecule has 1 saturated heterocycles. The van der Waals surface area contributed by atoms with Crippen LogP contribution < -0.4 is 0 Å². The van der Waals surface area contributed by atoms with Crippen LogP contribution in [0.25, 0.3) is 0 Å². The van der Waals surface area contributed by atoms with Crippen LogP contribution in [-0.2, 0) is 22.4 Å². The van der Waals surface area contributed by atoms with Gasteiger partial charge in [0.1, 0.15) is 12.0 Å². The number of thiazole rings is 1. The molecule has 3 aromatic rings. The third-order valence-electron chi connectivity index (χ3n) is 7.47. The molecule has 0 spiro atoms. The molecule has 1 aromatic carbocycles. The van der Waals surface area contributed by atoms with E-state index in [2.05, 4.69) is 15.4 Å². The molecule has 9 nitrogen and oxygen atoms in total. The van der Waals surface area contributed by atoms with Crippen molar-refractivity contribution in [3.8, 4) is 0 Å². The van der Waals surface area contributed by atoms with Crippen LogP contribution in [0.15, 0.2) is 46.0 Å². The molecule has 1 fully saturated rings. The summed E-state index contributed by atoms with van der Waals surface area (Å²) in [5.74, 6) is 0.216. The number of piperidine rings is 1. The maximum Gasteiger partial charge on any atom is 0.435 e. The van der Waals surface area contributed by atoms with Gasteiger partial charge in [-0.25, -0.2) is 4.98 Å². The Morgan fingerprint density at radius 3 is 2.73 bits per heavy atom. The number of aromatic nitrogens is 3. The van der Waals surface area contributed by atoms with Crippen molar-refractivity contribution < 1.29 is 28.0 Å². The second-order valence-electron chi connectivity index (χ2n) is 10.0. The van der Waals surface area contributed by atoms with Crippen LogP contribution in [0, 0.1) is 6.92 Å². The third kappa shape index (κ3) is 5.80. The monoisotopic (exact) mass is 574 g/mol. The minimum Gasteiger partial charge on any atom is -0.411 e. The van der Waals surface area contributed by atoms with E-state index in [0.29, 0.717) is 30.9 Å². The number of aldehydes is 1. The number of oxime groups is 2. The second kappa shape index (κ2) is 11.5. The molecular formula is C27H29F3N6O3S. The summed E-state index contributed by atoms with van der Waals surface area (Å²) in [5.41, 5.74) is 3.14. The zero-order valence-corrected chi connectivity index (χ0v) is 22.8. The van der Waals surface area contributed by atoms with Crippen LogP contribution in [-0.4, -0.2) is 61.7 Å². The molecule has 0 amide bonds. The lowest BCUT2D eigenvalue weighted by molar-refractivity contribution is -0.141. The maximum absolute atomic E-state index is 13.0. The van der Waals surface area contributed by atoms with Crippen molar-refractivity contribution in [2.24, 2.45) is 10.3 Å². The van der Waals surface area contributed by atoms with Gasteiger partial charge >= 0.3 is 6.18 Å². The minimum absolute atomic E-state index is 0.0747. The second-order valence-corrected chi connectivity index (χ2v) is 10.9. The van der Waals surface area contributed by atoms with Gasteiger partial charge in [0, 0.05) is 34.5 Å². The molecule has 40 heavy (non-hydrogen) atoms. The number of hydrogen-bond acceptors (Lipinski definition) is 9. The molecule has 2 atom stereocenters. The molecule has 2 aliphatic rings. The molecule has 2 unspecified atom stereocenters. The molecule has 5 rings (SSSR count). The number of carbonyl (C=O) groups excluding carboxylic acids is 1. The molecule has 0 aliphatic carbocycles. The Morgan fingerprint density at radius 2 is 2.05 bits per heavy atom. The average molecular weight is 575 g/mol. The van der Waals surface area contributed by atoms with E-state index in [1.165, 1.54) is 4.68 Å². The summed E-state index contributed by atoms with van der Waals surface area (Å²) in [7, 11) is 0. The van der Waals surface area contributed by atoms with Gasteiger partial charge in [-0.1, -0.05) is 34.6 Å². The average Bonchev–Trinajstić information content (AvgIpc) is 3.71. The number of carbonyl (C=O) groups is 1. The number of benzene rings is 1. The van der Waals surface area contributed by atoms with Crippen molar-refractivity contribution in [1.29, 1.82) is 0 Å².